The largest absolute Gasteiger partial charge is 0.507 e. The Hall–Kier alpha value is -4.86. The van der Waals surface area contributed by atoms with Crippen molar-refractivity contribution in [2.24, 2.45) is 0 Å². The van der Waals surface area contributed by atoms with E-state index in [-0.39, 0.29) is 34.5 Å². The number of rotatable bonds is 4. The molecule has 1 atom stereocenters. The minimum atomic E-state index is -0.932. The molecule has 0 amide bonds. The summed E-state index contributed by atoms with van der Waals surface area (Å²) < 4.78 is 22.1. The van der Waals surface area contributed by atoms with Crippen LogP contribution in [0.25, 0.3) is 22.3 Å². The Balaban J connectivity index is 1.85. The van der Waals surface area contributed by atoms with Crippen LogP contribution in [0.15, 0.2) is 51.7 Å². The molecule has 1 aliphatic heterocycles. The number of ether oxygens (including phenoxy) is 3. The van der Waals surface area contributed by atoms with Crippen LogP contribution < -0.4 is 19.6 Å². The summed E-state index contributed by atoms with van der Waals surface area (Å²) in [5, 5.41) is 40.5. The van der Waals surface area contributed by atoms with E-state index in [0.29, 0.717) is 22.6 Å². The number of aromatic hydroxyl groups is 4. The molecule has 1 aromatic heterocycles. The topological polar surface area (TPSA) is 156 Å². The van der Waals surface area contributed by atoms with Crippen LogP contribution in [0.4, 0.5) is 0 Å². The van der Waals surface area contributed by atoms with E-state index in [4.69, 9.17) is 18.6 Å². The Bertz CT molecular complexity index is 1580. The van der Waals surface area contributed by atoms with E-state index in [9.17, 15) is 30.0 Å². The number of carbonyl (C=O) groups excluding carboxylic acids is 1. The van der Waals surface area contributed by atoms with E-state index in [1.165, 1.54) is 26.4 Å². The van der Waals surface area contributed by atoms with Gasteiger partial charge in [-0.1, -0.05) is 0 Å². The Morgan fingerprint density at radius 3 is 2.19 bits per heavy atom. The molecular formula is C26H20O10. The fourth-order valence-electron chi connectivity index (χ4n) is 4.36. The molecule has 0 radical (unpaired) electrons. The number of phenols is 3. The molecule has 10 heteroatoms. The fourth-order valence-corrected chi connectivity index (χ4v) is 4.36. The van der Waals surface area contributed by atoms with Gasteiger partial charge < -0.3 is 39.1 Å². The molecule has 1 aliphatic rings. The Labute approximate surface area is 203 Å². The third-order valence-corrected chi connectivity index (χ3v) is 6.08. The molecule has 0 saturated heterocycles. The smallest absolute Gasteiger partial charge is 0.312 e. The number of methoxy groups -OCH3 is 2. The van der Waals surface area contributed by atoms with Crippen LogP contribution in [0, 0.1) is 0 Å². The zero-order valence-corrected chi connectivity index (χ0v) is 19.1. The molecule has 0 bridgehead atoms. The summed E-state index contributed by atoms with van der Waals surface area (Å²) in [7, 11) is 2.96. The number of benzene rings is 3. The summed E-state index contributed by atoms with van der Waals surface area (Å²) in [6.45, 7) is 0. The third kappa shape index (κ3) is 3.59. The van der Waals surface area contributed by atoms with Gasteiger partial charge in [-0.15, -0.1) is 0 Å². The molecule has 3 aromatic carbocycles. The molecule has 2 heterocycles. The second-order valence-corrected chi connectivity index (χ2v) is 8.20. The van der Waals surface area contributed by atoms with Crippen molar-refractivity contribution in [3.05, 3.63) is 63.8 Å². The van der Waals surface area contributed by atoms with Crippen molar-refractivity contribution in [2.75, 3.05) is 14.2 Å². The van der Waals surface area contributed by atoms with Crippen LogP contribution in [0.3, 0.4) is 0 Å². The number of hydrogen-bond acceptors (Lipinski definition) is 10. The number of carbonyl (C=O) groups is 1. The van der Waals surface area contributed by atoms with Gasteiger partial charge in [-0.2, -0.15) is 0 Å². The number of hydrogen-bond donors (Lipinski definition) is 4. The van der Waals surface area contributed by atoms with E-state index in [2.05, 4.69) is 0 Å². The summed E-state index contributed by atoms with van der Waals surface area (Å²) in [4.78, 5) is 25.7. The molecule has 0 saturated carbocycles. The minimum Gasteiger partial charge on any atom is -0.507 e. The van der Waals surface area contributed by atoms with Gasteiger partial charge in [0.2, 0.25) is 11.2 Å². The molecule has 4 N–H and O–H groups in total. The van der Waals surface area contributed by atoms with Gasteiger partial charge in [-0.25, -0.2) is 0 Å². The Morgan fingerprint density at radius 1 is 0.861 bits per heavy atom. The van der Waals surface area contributed by atoms with Gasteiger partial charge in [0.25, 0.3) is 0 Å². The average Bonchev–Trinajstić information content (AvgIpc) is 2.86. The summed E-state index contributed by atoms with van der Waals surface area (Å²) in [5.74, 6) is -2.93. The molecule has 10 nitrogen and oxygen atoms in total. The molecular weight excluding hydrogens is 472 g/mol. The van der Waals surface area contributed by atoms with E-state index < -0.39 is 40.3 Å². The van der Waals surface area contributed by atoms with E-state index in [1.54, 1.807) is 18.2 Å². The summed E-state index contributed by atoms with van der Waals surface area (Å²) >= 11 is 0. The van der Waals surface area contributed by atoms with E-state index in [1.807, 2.05) is 0 Å². The number of phenolic OH excluding ortho intramolecular Hbond substituents is 3. The minimum absolute atomic E-state index is 0.0172. The molecule has 0 spiro atoms. The van der Waals surface area contributed by atoms with Crippen molar-refractivity contribution in [3.63, 3.8) is 0 Å². The predicted octanol–water partition coefficient (Wildman–Crippen LogP) is 3.74. The van der Waals surface area contributed by atoms with Crippen LogP contribution in [0.5, 0.6) is 40.2 Å². The zero-order valence-electron chi connectivity index (χ0n) is 19.1. The molecule has 184 valence electrons. The SMILES string of the molecule is COc1cc(OC)cc(C2CC(=O)Oc3cc(O)c4c(=O)c(O)c(-c5ccc(O)c(O)c5)oc4c32)c1. The molecule has 5 rings (SSSR count). The van der Waals surface area contributed by atoms with Crippen molar-refractivity contribution in [3.8, 4) is 51.6 Å². The monoisotopic (exact) mass is 492 g/mol. The molecule has 36 heavy (non-hydrogen) atoms. The highest BCUT2D eigenvalue weighted by Crippen LogP contribution is 2.48. The summed E-state index contributed by atoms with van der Waals surface area (Å²) in [5.41, 5.74) is -0.0753. The maximum atomic E-state index is 13.2. The van der Waals surface area contributed by atoms with Gasteiger partial charge in [0.05, 0.1) is 20.6 Å². The zero-order chi connectivity index (χ0) is 25.7. The highest BCUT2D eigenvalue weighted by Gasteiger charge is 2.35. The quantitative estimate of drug-likeness (QED) is 0.188. The van der Waals surface area contributed by atoms with Crippen molar-refractivity contribution in [1.82, 2.24) is 0 Å². The molecule has 0 fully saturated rings. The first-order valence-electron chi connectivity index (χ1n) is 10.7. The van der Waals surface area contributed by atoms with Gasteiger partial charge in [0.1, 0.15) is 34.0 Å². The Morgan fingerprint density at radius 2 is 1.56 bits per heavy atom. The summed E-state index contributed by atoms with van der Waals surface area (Å²) in [6, 6.07) is 9.80. The molecule has 1 unspecified atom stereocenters. The fraction of sp³-hybridized carbons (Fsp3) is 0.154. The highest BCUT2D eigenvalue weighted by atomic mass is 16.5. The van der Waals surface area contributed by atoms with Crippen molar-refractivity contribution >= 4 is 16.9 Å². The number of fused-ring (bicyclic) bond motifs is 3. The van der Waals surface area contributed by atoms with Gasteiger partial charge in [-0.05, 0) is 35.9 Å². The molecule has 4 aromatic rings. The van der Waals surface area contributed by atoms with Gasteiger partial charge in [0.15, 0.2) is 17.3 Å². The lowest BCUT2D eigenvalue weighted by molar-refractivity contribution is -0.135. The second kappa shape index (κ2) is 8.42. The maximum Gasteiger partial charge on any atom is 0.312 e. The lowest BCUT2D eigenvalue weighted by Gasteiger charge is -2.26. The predicted molar refractivity (Wildman–Crippen MR) is 126 cm³/mol. The first-order chi connectivity index (χ1) is 17.2. The van der Waals surface area contributed by atoms with Gasteiger partial charge >= 0.3 is 5.97 Å². The molecule has 0 aliphatic carbocycles. The van der Waals surface area contributed by atoms with Crippen LogP contribution in [0.1, 0.15) is 23.5 Å². The van der Waals surface area contributed by atoms with E-state index >= 15 is 0 Å². The van der Waals surface area contributed by atoms with E-state index in [0.717, 1.165) is 12.1 Å². The third-order valence-electron chi connectivity index (χ3n) is 6.08. The lowest BCUT2D eigenvalue weighted by Crippen LogP contribution is -2.22. The average molecular weight is 492 g/mol. The van der Waals surface area contributed by atoms with Crippen LogP contribution >= 0.6 is 0 Å². The normalized spacial score (nSPS) is 14.8. The second-order valence-electron chi connectivity index (χ2n) is 8.20. The number of esters is 1. The lowest BCUT2D eigenvalue weighted by atomic mass is 9.84. The van der Waals surface area contributed by atoms with Crippen molar-refractivity contribution in [2.45, 2.75) is 12.3 Å². The van der Waals surface area contributed by atoms with Crippen LogP contribution in [0.2, 0.25) is 0 Å². The standard InChI is InChI=1S/C26H20O10/c1-33-13-5-12(6-14(8-13)34-2)15-9-20(30)35-19-10-18(29)22-23(31)24(32)25(36-26(22)21(15)19)11-3-4-16(27)17(28)7-11/h3-8,10,15,27-29,32H,9H2,1-2H3. The highest BCUT2D eigenvalue weighted by molar-refractivity contribution is 5.94. The van der Waals surface area contributed by atoms with Crippen LogP contribution in [-0.4, -0.2) is 40.6 Å². The van der Waals surface area contributed by atoms with Crippen molar-refractivity contribution in [1.29, 1.82) is 0 Å². The maximum absolute atomic E-state index is 13.2. The Kier molecular flexibility index (Phi) is 5.36. The van der Waals surface area contributed by atoms with Gasteiger partial charge in [0, 0.05) is 29.2 Å². The van der Waals surface area contributed by atoms with Gasteiger partial charge in [-0.3, -0.25) is 9.59 Å². The van der Waals surface area contributed by atoms with Crippen LogP contribution in [-0.2, 0) is 4.79 Å². The van der Waals surface area contributed by atoms with Crippen molar-refractivity contribution < 1.29 is 43.8 Å². The summed E-state index contributed by atoms with van der Waals surface area (Å²) in [6.07, 6.45) is -0.122. The first kappa shape index (κ1) is 22.9. The first-order valence-corrected chi connectivity index (χ1v) is 10.7.